The van der Waals surface area contributed by atoms with E-state index >= 15 is 0 Å². The monoisotopic (exact) mass is 182 g/mol. The molecular weight excluding hydrogens is 172 g/mol. The van der Waals surface area contributed by atoms with Crippen molar-refractivity contribution in [2.75, 3.05) is 0 Å². The molecule has 0 unspecified atom stereocenters. The molecule has 0 bridgehead atoms. The lowest BCUT2D eigenvalue weighted by Crippen LogP contribution is -1.93. The summed E-state index contributed by atoms with van der Waals surface area (Å²) in [7, 11) is 0. The predicted octanol–water partition coefficient (Wildman–Crippen LogP) is 0.780. The van der Waals surface area contributed by atoms with Crippen molar-refractivity contribution < 1.29 is 15.3 Å². The third-order valence-corrected chi connectivity index (χ3v) is 1.98. The maximum absolute atomic E-state index is 11.0. The summed E-state index contributed by atoms with van der Waals surface area (Å²) in [5, 5.41) is 27.5. The highest BCUT2D eigenvalue weighted by molar-refractivity contribution is 5.53. The van der Waals surface area contributed by atoms with Crippen molar-refractivity contribution in [1.82, 2.24) is 0 Å². The van der Waals surface area contributed by atoms with Crippen molar-refractivity contribution in [2.24, 2.45) is 0 Å². The standard InChI is InChI=1S/C9H10O4/c1-4-3-6(10)8(12)9(13)7(11)5(4)2/h3H,1-2H3,(H3,10,11,12,13). The minimum atomic E-state index is -0.825. The van der Waals surface area contributed by atoms with E-state index in [0.717, 1.165) is 6.07 Å². The predicted molar refractivity (Wildman–Crippen MR) is 47.2 cm³/mol. The highest BCUT2D eigenvalue weighted by atomic mass is 16.3. The zero-order valence-electron chi connectivity index (χ0n) is 7.33. The summed E-state index contributed by atoms with van der Waals surface area (Å²) in [6.45, 7) is 3.15. The summed E-state index contributed by atoms with van der Waals surface area (Å²) < 4.78 is 0. The molecule has 1 rings (SSSR count). The van der Waals surface area contributed by atoms with Crippen LogP contribution in [0.4, 0.5) is 0 Å². The molecule has 0 spiro atoms. The van der Waals surface area contributed by atoms with E-state index in [-0.39, 0.29) is 0 Å². The third kappa shape index (κ3) is 1.42. The first-order valence-corrected chi connectivity index (χ1v) is 3.70. The van der Waals surface area contributed by atoms with Gasteiger partial charge in [-0.25, -0.2) is 0 Å². The maximum atomic E-state index is 11.0. The third-order valence-electron chi connectivity index (χ3n) is 1.98. The van der Waals surface area contributed by atoms with Crippen LogP contribution in [0.5, 0.6) is 17.2 Å². The van der Waals surface area contributed by atoms with Crippen molar-refractivity contribution >= 4 is 0 Å². The second kappa shape index (κ2) is 2.97. The fraction of sp³-hybridized carbons (Fsp3) is 0.222. The fourth-order valence-electron chi connectivity index (χ4n) is 0.966. The van der Waals surface area contributed by atoms with Crippen LogP contribution in [0.15, 0.2) is 10.9 Å². The van der Waals surface area contributed by atoms with E-state index in [1.807, 2.05) is 0 Å². The van der Waals surface area contributed by atoms with Crippen LogP contribution in [0, 0.1) is 13.8 Å². The van der Waals surface area contributed by atoms with Gasteiger partial charge in [0.2, 0.25) is 16.9 Å². The Balaban J connectivity index is 3.82. The van der Waals surface area contributed by atoms with Gasteiger partial charge in [0.1, 0.15) is 0 Å². The van der Waals surface area contributed by atoms with Gasteiger partial charge in [0.15, 0.2) is 5.75 Å². The molecule has 0 fully saturated rings. The average Bonchev–Trinajstić information content (AvgIpc) is 2.15. The minimum Gasteiger partial charge on any atom is -0.504 e. The van der Waals surface area contributed by atoms with Gasteiger partial charge >= 0.3 is 0 Å². The first-order chi connectivity index (χ1) is 5.95. The molecule has 0 amide bonds. The zero-order valence-corrected chi connectivity index (χ0v) is 7.33. The molecule has 0 heterocycles. The van der Waals surface area contributed by atoms with E-state index in [2.05, 4.69) is 0 Å². The molecule has 0 saturated carbocycles. The number of aryl methyl sites for hydroxylation is 1. The molecule has 0 aliphatic heterocycles. The Bertz CT molecular complexity index is 409. The SMILES string of the molecule is Cc1cc(=O)c(O)c(O)c(O)c1C. The van der Waals surface area contributed by atoms with Crippen LogP contribution in [-0.4, -0.2) is 15.3 Å². The van der Waals surface area contributed by atoms with E-state index in [4.69, 9.17) is 10.2 Å². The minimum absolute atomic E-state index is 0.370. The van der Waals surface area contributed by atoms with Crippen LogP contribution < -0.4 is 5.43 Å². The average molecular weight is 182 g/mol. The van der Waals surface area contributed by atoms with E-state index in [1.165, 1.54) is 0 Å². The van der Waals surface area contributed by atoms with Crippen LogP contribution in [0.3, 0.4) is 0 Å². The van der Waals surface area contributed by atoms with E-state index in [0.29, 0.717) is 11.1 Å². The second-order valence-corrected chi connectivity index (χ2v) is 2.86. The van der Waals surface area contributed by atoms with Crippen molar-refractivity contribution in [3.05, 3.63) is 27.4 Å². The molecule has 13 heavy (non-hydrogen) atoms. The van der Waals surface area contributed by atoms with Crippen LogP contribution in [0.25, 0.3) is 0 Å². The number of hydrogen-bond donors (Lipinski definition) is 3. The summed E-state index contributed by atoms with van der Waals surface area (Å²) in [5.74, 6) is -2.05. The van der Waals surface area contributed by atoms with Crippen LogP contribution in [-0.2, 0) is 0 Å². The van der Waals surface area contributed by atoms with Crippen molar-refractivity contribution in [3.63, 3.8) is 0 Å². The van der Waals surface area contributed by atoms with Gasteiger partial charge in [0, 0.05) is 0 Å². The second-order valence-electron chi connectivity index (χ2n) is 2.86. The lowest BCUT2D eigenvalue weighted by atomic mass is 10.2. The number of rotatable bonds is 0. The Morgan fingerprint density at radius 1 is 1.00 bits per heavy atom. The quantitative estimate of drug-likeness (QED) is 0.554. The molecule has 0 radical (unpaired) electrons. The first-order valence-electron chi connectivity index (χ1n) is 3.70. The largest absolute Gasteiger partial charge is 0.504 e. The van der Waals surface area contributed by atoms with E-state index in [9.17, 15) is 9.90 Å². The topological polar surface area (TPSA) is 77.8 Å². The zero-order chi connectivity index (χ0) is 10.2. The molecule has 0 atom stereocenters. The van der Waals surface area contributed by atoms with Crippen molar-refractivity contribution in [2.45, 2.75) is 13.8 Å². The van der Waals surface area contributed by atoms with Crippen molar-refractivity contribution in [1.29, 1.82) is 0 Å². The Kier molecular flexibility index (Phi) is 2.14. The molecule has 0 aliphatic carbocycles. The van der Waals surface area contributed by atoms with Gasteiger partial charge in [-0.1, -0.05) is 0 Å². The summed E-state index contributed by atoms with van der Waals surface area (Å²) >= 11 is 0. The molecule has 1 aromatic carbocycles. The molecule has 70 valence electrons. The van der Waals surface area contributed by atoms with Gasteiger partial charge in [-0.15, -0.1) is 0 Å². The summed E-state index contributed by atoms with van der Waals surface area (Å²) in [6.07, 6.45) is 0. The lowest BCUT2D eigenvalue weighted by molar-refractivity contribution is 0.367. The molecule has 4 heteroatoms. The Labute approximate surface area is 74.7 Å². The summed E-state index contributed by atoms with van der Waals surface area (Å²) in [4.78, 5) is 11.0. The van der Waals surface area contributed by atoms with Crippen molar-refractivity contribution in [3.8, 4) is 17.2 Å². The van der Waals surface area contributed by atoms with Gasteiger partial charge in [0.05, 0.1) is 0 Å². The van der Waals surface area contributed by atoms with Gasteiger partial charge in [-0.3, -0.25) is 4.79 Å². The molecular formula is C9H10O4. The van der Waals surface area contributed by atoms with Crippen LogP contribution in [0.1, 0.15) is 11.1 Å². The number of aromatic hydroxyl groups is 3. The smallest absolute Gasteiger partial charge is 0.224 e. The normalized spacial score (nSPS) is 10.0. The number of hydrogen-bond acceptors (Lipinski definition) is 4. The van der Waals surface area contributed by atoms with Gasteiger partial charge < -0.3 is 15.3 Å². The molecule has 0 aromatic heterocycles. The first kappa shape index (κ1) is 9.38. The van der Waals surface area contributed by atoms with Gasteiger partial charge in [-0.05, 0) is 31.0 Å². The summed E-state index contributed by atoms with van der Waals surface area (Å²) in [5.41, 5.74) is 0.173. The van der Waals surface area contributed by atoms with Crippen LogP contribution in [0.2, 0.25) is 0 Å². The van der Waals surface area contributed by atoms with E-state index in [1.54, 1.807) is 13.8 Å². The molecule has 3 N–H and O–H groups in total. The van der Waals surface area contributed by atoms with Crippen LogP contribution >= 0.6 is 0 Å². The van der Waals surface area contributed by atoms with E-state index < -0.39 is 22.7 Å². The molecule has 0 aliphatic rings. The molecule has 0 saturated heterocycles. The van der Waals surface area contributed by atoms with Gasteiger partial charge in [0.25, 0.3) is 0 Å². The fourth-order valence-corrected chi connectivity index (χ4v) is 0.966. The Morgan fingerprint density at radius 2 is 1.54 bits per heavy atom. The van der Waals surface area contributed by atoms with Gasteiger partial charge in [-0.2, -0.15) is 0 Å². The Hall–Kier alpha value is -1.71. The molecule has 4 nitrogen and oxygen atoms in total. The maximum Gasteiger partial charge on any atom is 0.224 e. The highest BCUT2D eigenvalue weighted by Crippen LogP contribution is 2.33. The molecule has 1 aromatic rings. The highest BCUT2D eigenvalue weighted by Gasteiger charge is 2.11. The summed E-state index contributed by atoms with van der Waals surface area (Å²) in [6, 6.07) is 1.16. The lowest BCUT2D eigenvalue weighted by Gasteiger charge is -1.97. The Morgan fingerprint density at radius 3 is 2.08 bits per heavy atom.